The van der Waals surface area contributed by atoms with E-state index in [-0.39, 0.29) is 6.04 Å². The molecule has 0 amide bonds. The van der Waals surface area contributed by atoms with Crippen LogP contribution < -0.4 is 5.73 Å². The summed E-state index contributed by atoms with van der Waals surface area (Å²) in [4.78, 5) is 4.01. The summed E-state index contributed by atoms with van der Waals surface area (Å²) >= 11 is 1.98. The van der Waals surface area contributed by atoms with Gasteiger partial charge in [-0.05, 0) is 51.4 Å². The van der Waals surface area contributed by atoms with Gasteiger partial charge in [0, 0.05) is 10.9 Å². The van der Waals surface area contributed by atoms with E-state index in [0.717, 1.165) is 6.42 Å². The van der Waals surface area contributed by atoms with Gasteiger partial charge in [0.1, 0.15) is 0 Å². The first-order valence-corrected chi connectivity index (χ1v) is 8.35. The van der Waals surface area contributed by atoms with E-state index in [1.807, 2.05) is 11.8 Å². The maximum Gasteiger partial charge on any atom is 0.0619 e. The van der Waals surface area contributed by atoms with Gasteiger partial charge in [-0.25, -0.2) is 0 Å². The van der Waals surface area contributed by atoms with E-state index in [2.05, 4.69) is 42.2 Å². The minimum absolute atomic E-state index is 0.268. The standard InChI is InChI=1S/C16H26N2S/c1-14(17)13-16(18-11-7-2-3-8-12-18)19-15-9-5-4-6-10-15/h4-6,9-10,14,16H,2-3,7-8,11-13,17H2,1H3. The van der Waals surface area contributed by atoms with Gasteiger partial charge in [-0.3, -0.25) is 4.90 Å². The van der Waals surface area contributed by atoms with Crippen molar-refractivity contribution in [3.63, 3.8) is 0 Å². The lowest BCUT2D eigenvalue weighted by Crippen LogP contribution is -2.37. The van der Waals surface area contributed by atoms with Gasteiger partial charge < -0.3 is 5.73 Å². The topological polar surface area (TPSA) is 29.3 Å². The third kappa shape index (κ3) is 5.17. The van der Waals surface area contributed by atoms with Crippen LogP contribution >= 0.6 is 11.8 Å². The third-order valence-corrected chi connectivity index (χ3v) is 4.94. The molecule has 1 aliphatic rings. The fourth-order valence-corrected chi connectivity index (χ4v) is 4.02. The molecule has 1 fully saturated rings. The van der Waals surface area contributed by atoms with Crippen LogP contribution in [0.1, 0.15) is 39.0 Å². The average Bonchev–Trinajstić information content (AvgIpc) is 2.67. The van der Waals surface area contributed by atoms with Crippen LogP contribution in [-0.2, 0) is 0 Å². The van der Waals surface area contributed by atoms with Crippen LogP contribution in [0.2, 0.25) is 0 Å². The minimum atomic E-state index is 0.268. The molecule has 2 unspecified atom stereocenters. The molecule has 2 nitrogen and oxygen atoms in total. The zero-order valence-electron chi connectivity index (χ0n) is 11.9. The Labute approximate surface area is 121 Å². The summed E-state index contributed by atoms with van der Waals surface area (Å²) in [6.45, 7) is 4.59. The molecular weight excluding hydrogens is 252 g/mol. The van der Waals surface area contributed by atoms with Crippen LogP contribution in [0.3, 0.4) is 0 Å². The molecule has 0 radical (unpaired) electrons. The molecule has 2 N–H and O–H groups in total. The van der Waals surface area contributed by atoms with Gasteiger partial charge in [0.05, 0.1) is 5.37 Å². The molecule has 19 heavy (non-hydrogen) atoms. The summed E-state index contributed by atoms with van der Waals surface area (Å²) < 4.78 is 0. The highest BCUT2D eigenvalue weighted by molar-refractivity contribution is 7.99. The number of nitrogens with two attached hydrogens (primary N) is 1. The molecule has 0 saturated carbocycles. The molecule has 1 aromatic carbocycles. The molecule has 1 saturated heterocycles. The van der Waals surface area contributed by atoms with Gasteiger partial charge in [0.25, 0.3) is 0 Å². The second-order valence-corrected chi connectivity index (χ2v) is 6.80. The second kappa shape index (κ2) is 7.93. The van der Waals surface area contributed by atoms with Crippen molar-refractivity contribution in [1.82, 2.24) is 4.90 Å². The Morgan fingerprint density at radius 1 is 1.11 bits per heavy atom. The number of hydrogen-bond acceptors (Lipinski definition) is 3. The highest BCUT2D eigenvalue weighted by Gasteiger charge is 2.21. The summed E-state index contributed by atoms with van der Waals surface area (Å²) in [7, 11) is 0. The maximum atomic E-state index is 6.05. The zero-order chi connectivity index (χ0) is 13.5. The molecule has 2 atom stereocenters. The molecule has 0 aromatic heterocycles. The Hall–Kier alpha value is -0.510. The quantitative estimate of drug-likeness (QED) is 0.832. The minimum Gasteiger partial charge on any atom is -0.328 e. The number of benzene rings is 1. The molecule has 0 spiro atoms. The summed E-state index contributed by atoms with van der Waals surface area (Å²) in [5.41, 5.74) is 6.05. The SMILES string of the molecule is CC(N)CC(Sc1ccccc1)N1CCCCCC1. The van der Waals surface area contributed by atoms with Crippen LogP contribution in [0.4, 0.5) is 0 Å². The number of nitrogens with zero attached hydrogens (tertiary/aromatic N) is 1. The molecule has 1 aliphatic heterocycles. The van der Waals surface area contributed by atoms with Crippen molar-refractivity contribution in [2.24, 2.45) is 5.73 Å². The van der Waals surface area contributed by atoms with E-state index in [4.69, 9.17) is 5.73 Å². The van der Waals surface area contributed by atoms with Gasteiger partial charge in [0.2, 0.25) is 0 Å². The van der Waals surface area contributed by atoms with Crippen molar-refractivity contribution >= 4 is 11.8 Å². The van der Waals surface area contributed by atoms with Crippen LogP contribution in [0, 0.1) is 0 Å². The van der Waals surface area contributed by atoms with Crippen molar-refractivity contribution < 1.29 is 0 Å². The summed E-state index contributed by atoms with van der Waals surface area (Å²) in [5, 5.41) is 0.528. The molecule has 0 aliphatic carbocycles. The molecular formula is C16H26N2S. The van der Waals surface area contributed by atoms with E-state index in [1.54, 1.807) is 0 Å². The van der Waals surface area contributed by atoms with Crippen LogP contribution in [-0.4, -0.2) is 29.4 Å². The van der Waals surface area contributed by atoms with Crippen molar-refractivity contribution in [3.05, 3.63) is 30.3 Å². The first-order chi connectivity index (χ1) is 9.25. The monoisotopic (exact) mass is 278 g/mol. The Balaban J connectivity index is 2.01. The van der Waals surface area contributed by atoms with E-state index in [9.17, 15) is 0 Å². The molecule has 1 heterocycles. The smallest absolute Gasteiger partial charge is 0.0619 e. The Kier molecular flexibility index (Phi) is 6.21. The fourth-order valence-electron chi connectivity index (χ4n) is 2.63. The van der Waals surface area contributed by atoms with Gasteiger partial charge in [-0.1, -0.05) is 31.0 Å². The Morgan fingerprint density at radius 3 is 2.32 bits per heavy atom. The molecule has 106 valence electrons. The van der Waals surface area contributed by atoms with E-state index >= 15 is 0 Å². The van der Waals surface area contributed by atoms with Gasteiger partial charge in [-0.15, -0.1) is 11.8 Å². The first-order valence-electron chi connectivity index (χ1n) is 7.47. The van der Waals surface area contributed by atoms with Gasteiger partial charge in [0.15, 0.2) is 0 Å². The van der Waals surface area contributed by atoms with E-state index in [0.29, 0.717) is 5.37 Å². The second-order valence-electron chi connectivity index (χ2n) is 5.55. The lowest BCUT2D eigenvalue weighted by molar-refractivity contribution is 0.251. The maximum absolute atomic E-state index is 6.05. The van der Waals surface area contributed by atoms with E-state index in [1.165, 1.54) is 43.7 Å². The van der Waals surface area contributed by atoms with Crippen molar-refractivity contribution in [2.75, 3.05) is 13.1 Å². The number of rotatable bonds is 5. The summed E-state index contributed by atoms with van der Waals surface area (Å²) in [5.74, 6) is 0. The van der Waals surface area contributed by atoms with Crippen LogP contribution in [0.25, 0.3) is 0 Å². The fraction of sp³-hybridized carbons (Fsp3) is 0.625. The average molecular weight is 278 g/mol. The first kappa shape index (κ1) is 14.9. The van der Waals surface area contributed by atoms with Crippen molar-refractivity contribution in [1.29, 1.82) is 0 Å². The third-order valence-electron chi connectivity index (χ3n) is 3.64. The molecule has 2 rings (SSSR count). The molecule has 0 bridgehead atoms. The van der Waals surface area contributed by atoms with Gasteiger partial charge in [-0.2, -0.15) is 0 Å². The molecule has 1 aromatic rings. The number of likely N-dealkylation sites (tertiary alicyclic amines) is 1. The van der Waals surface area contributed by atoms with Crippen LogP contribution in [0.5, 0.6) is 0 Å². The lowest BCUT2D eigenvalue weighted by Gasteiger charge is -2.31. The number of thioether (sulfide) groups is 1. The highest BCUT2D eigenvalue weighted by atomic mass is 32.2. The molecule has 3 heteroatoms. The predicted octanol–water partition coefficient (Wildman–Crippen LogP) is 3.72. The summed E-state index contributed by atoms with van der Waals surface area (Å²) in [6.07, 6.45) is 6.52. The zero-order valence-corrected chi connectivity index (χ0v) is 12.7. The predicted molar refractivity (Wildman–Crippen MR) is 84.4 cm³/mol. The van der Waals surface area contributed by atoms with Gasteiger partial charge >= 0.3 is 0 Å². The largest absolute Gasteiger partial charge is 0.328 e. The normalized spacial score (nSPS) is 20.7. The number of hydrogen-bond donors (Lipinski definition) is 1. The lowest BCUT2D eigenvalue weighted by atomic mass is 10.2. The Morgan fingerprint density at radius 2 is 1.74 bits per heavy atom. The summed E-state index contributed by atoms with van der Waals surface area (Å²) in [6, 6.07) is 11.0. The van der Waals surface area contributed by atoms with E-state index < -0.39 is 0 Å². The van der Waals surface area contributed by atoms with Crippen LogP contribution in [0.15, 0.2) is 35.2 Å². The van der Waals surface area contributed by atoms with Crippen molar-refractivity contribution in [3.8, 4) is 0 Å². The Bertz CT molecular complexity index is 345. The van der Waals surface area contributed by atoms with Crippen molar-refractivity contribution in [2.45, 2.75) is 55.3 Å². The highest BCUT2D eigenvalue weighted by Crippen LogP contribution is 2.30.